The molecule has 0 fully saturated rings. The largest absolute Gasteiger partial charge is 0.479 e. The number of nitrogens with zero attached hydrogens (tertiary/aromatic N) is 1. The first-order valence-electron chi connectivity index (χ1n) is 8.11. The zero-order valence-electron chi connectivity index (χ0n) is 14.7. The van der Waals surface area contributed by atoms with Gasteiger partial charge in [-0.1, -0.05) is 24.3 Å². The van der Waals surface area contributed by atoms with Crippen LogP contribution >= 0.6 is 11.3 Å². The number of carboxylic acid groups (broad SMARTS) is 1. The summed E-state index contributed by atoms with van der Waals surface area (Å²) in [5.41, 5.74) is 2.47. The number of rotatable bonds is 4. The van der Waals surface area contributed by atoms with E-state index in [1.165, 1.54) is 0 Å². The van der Waals surface area contributed by atoms with Crippen molar-refractivity contribution in [3.05, 3.63) is 53.0 Å². The van der Waals surface area contributed by atoms with Crippen molar-refractivity contribution in [3.8, 4) is 10.4 Å². The molecule has 1 N–H and O–H groups in total. The van der Waals surface area contributed by atoms with Crippen molar-refractivity contribution in [2.24, 2.45) is 0 Å². The Morgan fingerprint density at radius 3 is 2.52 bits per heavy atom. The molecule has 2 heterocycles. The summed E-state index contributed by atoms with van der Waals surface area (Å²) in [5.74, 6) is -1.01. The number of para-hydroxylation sites is 1. The maximum Gasteiger partial charge on any atom is 0.337 e. The number of thiophene rings is 1. The number of hydrogen-bond acceptors (Lipinski definition) is 4. The molecule has 3 aromatic rings. The van der Waals surface area contributed by atoms with E-state index in [1.54, 1.807) is 11.3 Å². The van der Waals surface area contributed by atoms with Crippen LogP contribution in [0.15, 0.2) is 41.8 Å². The molecule has 1 unspecified atom stereocenters. The number of pyridine rings is 1. The molecule has 0 saturated heterocycles. The quantitative estimate of drug-likeness (QED) is 0.698. The number of aryl methyl sites for hydroxylation is 1. The third-order valence-electron chi connectivity index (χ3n) is 3.85. The number of hydrogen-bond donors (Lipinski definition) is 1. The Morgan fingerprint density at radius 1 is 1.20 bits per heavy atom. The molecule has 4 nitrogen and oxygen atoms in total. The highest BCUT2D eigenvalue weighted by Gasteiger charge is 2.32. The first kappa shape index (κ1) is 17.6. The van der Waals surface area contributed by atoms with Crippen molar-refractivity contribution in [1.29, 1.82) is 0 Å². The van der Waals surface area contributed by atoms with Gasteiger partial charge in [0.25, 0.3) is 0 Å². The highest BCUT2D eigenvalue weighted by Crippen LogP contribution is 2.40. The van der Waals surface area contributed by atoms with E-state index in [1.807, 2.05) is 69.5 Å². The fraction of sp³-hybridized carbons (Fsp3) is 0.300. The molecule has 3 rings (SSSR count). The topological polar surface area (TPSA) is 59.4 Å². The normalized spacial score (nSPS) is 13.1. The van der Waals surface area contributed by atoms with Crippen molar-refractivity contribution in [2.45, 2.75) is 39.4 Å². The van der Waals surface area contributed by atoms with Gasteiger partial charge in [0.05, 0.1) is 11.1 Å². The van der Waals surface area contributed by atoms with E-state index in [4.69, 9.17) is 4.74 Å². The highest BCUT2D eigenvalue weighted by molar-refractivity contribution is 7.13. The van der Waals surface area contributed by atoms with Crippen LogP contribution in [0.1, 0.15) is 38.1 Å². The third-order valence-corrected chi connectivity index (χ3v) is 4.73. The van der Waals surface area contributed by atoms with Gasteiger partial charge in [-0.2, -0.15) is 0 Å². The second kappa shape index (κ2) is 6.58. The predicted molar refractivity (Wildman–Crippen MR) is 101 cm³/mol. The minimum Gasteiger partial charge on any atom is -0.479 e. The Labute approximate surface area is 151 Å². The molecule has 5 heteroatoms. The number of aromatic nitrogens is 1. The van der Waals surface area contributed by atoms with Crippen molar-refractivity contribution < 1.29 is 14.6 Å². The summed E-state index contributed by atoms with van der Waals surface area (Å²) in [6.07, 6.45) is -1.07. The van der Waals surface area contributed by atoms with Gasteiger partial charge in [0, 0.05) is 27.1 Å². The maximum atomic E-state index is 12.0. The molecule has 0 bridgehead atoms. The van der Waals surface area contributed by atoms with Crippen LogP contribution in [0.5, 0.6) is 0 Å². The average Bonchev–Trinajstić information content (AvgIpc) is 3.04. The summed E-state index contributed by atoms with van der Waals surface area (Å²) in [6, 6.07) is 11.8. The lowest BCUT2D eigenvalue weighted by Gasteiger charge is -2.27. The number of carbonyl (C=O) groups is 1. The highest BCUT2D eigenvalue weighted by atomic mass is 32.1. The predicted octanol–water partition coefficient (Wildman–Crippen LogP) is 5.21. The Kier molecular flexibility index (Phi) is 4.62. The van der Waals surface area contributed by atoms with Crippen LogP contribution in [-0.4, -0.2) is 21.7 Å². The van der Waals surface area contributed by atoms with E-state index in [9.17, 15) is 9.90 Å². The summed E-state index contributed by atoms with van der Waals surface area (Å²) < 4.78 is 5.92. The van der Waals surface area contributed by atoms with Crippen molar-refractivity contribution in [2.75, 3.05) is 0 Å². The number of aliphatic carboxylic acids is 1. The molecule has 130 valence electrons. The number of benzene rings is 1. The van der Waals surface area contributed by atoms with E-state index in [0.717, 1.165) is 21.3 Å². The summed E-state index contributed by atoms with van der Waals surface area (Å²) in [7, 11) is 0. The van der Waals surface area contributed by atoms with Gasteiger partial charge in [-0.3, -0.25) is 4.98 Å². The lowest BCUT2D eigenvalue weighted by atomic mass is 9.95. The second-order valence-corrected chi connectivity index (χ2v) is 7.88. The molecule has 0 spiro atoms. The van der Waals surface area contributed by atoms with Gasteiger partial charge in [-0.05, 0) is 45.2 Å². The Hall–Kier alpha value is -2.24. The van der Waals surface area contributed by atoms with E-state index < -0.39 is 17.7 Å². The van der Waals surface area contributed by atoms with Crippen LogP contribution in [-0.2, 0) is 9.53 Å². The smallest absolute Gasteiger partial charge is 0.337 e. The third kappa shape index (κ3) is 3.57. The van der Waals surface area contributed by atoms with Crippen molar-refractivity contribution in [1.82, 2.24) is 4.98 Å². The molecule has 0 saturated carbocycles. The van der Waals surface area contributed by atoms with E-state index in [0.29, 0.717) is 11.3 Å². The number of carboxylic acids is 1. The number of ether oxygens (including phenoxy) is 1. The summed E-state index contributed by atoms with van der Waals surface area (Å²) in [4.78, 5) is 17.7. The second-order valence-electron chi connectivity index (χ2n) is 6.93. The van der Waals surface area contributed by atoms with E-state index in [-0.39, 0.29) is 0 Å². The van der Waals surface area contributed by atoms with Gasteiger partial charge in [0.1, 0.15) is 0 Å². The zero-order chi connectivity index (χ0) is 18.2. The molecule has 0 aliphatic rings. The van der Waals surface area contributed by atoms with E-state index >= 15 is 0 Å². The SMILES string of the molecule is Cc1nc2ccccc2c(-c2cccs2)c1C(OC(C)(C)C)C(=O)O. The van der Waals surface area contributed by atoms with Crippen LogP contribution in [0.2, 0.25) is 0 Å². The Balaban J connectivity index is 2.35. The molecule has 0 radical (unpaired) electrons. The Bertz CT molecular complexity index is 911. The lowest BCUT2D eigenvalue weighted by Crippen LogP contribution is -2.28. The fourth-order valence-corrected chi connectivity index (χ4v) is 3.74. The first-order chi connectivity index (χ1) is 11.8. The minimum atomic E-state index is -1.07. The van der Waals surface area contributed by atoms with Crippen LogP contribution in [0.3, 0.4) is 0 Å². The van der Waals surface area contributed by atoms with Crippen molar-refractivity contribution >= 4 is 28.2 Å². The van der Waals surface area contributed by atoms with Gasteiger partial charge in [-0.15, -0.1) is 11.3 Å². The van der Waals surface area contributed by atoms with Crippen LogP contribution < -0.4 is 0 Å². The molecule has 0 aliphatic carbocycles. The van der Waals surface area contributed by atoms with Gasteiger partial charge >= 0.3 is 5.97 Å². The van der Waals surface area contributed by atoms with Gasteiger partial charge in [-0.25, -0.2) is 4.79 Å². The molecule has 1 aromatic carbocycles. The molecule has 0 amide bonds. The maximum absolute atomic E-state index is 12.0. The minimum absolute atomic E-state index is 0.589. The molecule has 25 heavy (non-hydrogen) atoms. The zero-order valence-corrected chi connectivity index (χ0v) is 15.6. The summed E-state index contributed by atoms with van der Waals surface area (Å²) in [5, 5.41) is 12.8. The summed E-state index contributed by atoms with van der Waals surface area (Å²) in [6.45, 7) is 7.42. The molecular formula is C20H21NO3S. The van der Waals surface area contributed by atoms with Crippen molar-refractivity contribution in [3.63, 3.8) is 0 Å². The fourth-order valence-electron chi connectivity index (χ4n) is 2.94. The molecule has 1 atom stereocenters. The standard InChI is InChI=1S/C20H21NO3S/c1-12-16(18(19(22)23)24-20(2,3)4)17(15-10-7-11-25-15)13-8-5-6-9-14(13)21-12/h5-11,18H,1-4H3,(H,22,23). The molecule has 2 aromatic heterocycles. The monoisotopic (exact) mass is 355 g/mol. The molecular weight excluding hydrogens is 334 g/mol. The van der Waals surface area contributed by atoms with Crippen LogP contribution in [0.4, 0.5) is 0 Å². The lowest BCUT2D eigenvalue weighted by molar-refractivity contribution is -0.160. The van der Waals surface area contributed by atoms with Gasteiger partial charge in [0.15, 0.2) is 6.10 Å². The van der Waals surface area contributed by atoms with Gasteiger partial charge < -0.3 is 9.84 Å². The van der Waals surface area contributed by atoms with Gasteiger partial charge in [0.2, 0.25) is 0 Å². The molecule has 0 aliphatic heterocycles. The van der Waals surface area contributed by atoms with Crippen LogP contribution in [0, 0.1) is 6.92 Å². The average molecular weight is 355 g/mol. The summed E-state index contributed by atoms with van der Waals surface area (Å²) >= 11 is 1.58. The Morgan fingerprint density at radius 2 is 1.92 bits per heavy atom. The number of fused-ring (bicyclic) bond motifs is 1. The first-order valence-corrected chi connectivity index (χ1v) is 8.99. The van der Waals surface area contributed by atoms with E-state index in [2.05, 4.69) is 4.98 Å². The van der Waals surface area contributed by atoms with Crippen LogP contribution in [0.25, 0.3) is 21.3 Å².